The molecule has 0 bridgehead atoms. The molecule has 0 aliphatic carbocycles. The minimum absolute atomic E-state index is 0.663. The molecule has 0 spiro atoms. The van der Waals surface area contributed by atoms with Crippen LogP contribution in [0, 0.1) is 17.2 Å². The van der Waals surface area contributed by atoms with E-state index in [1.807, 2.05) is 0 Å². The molecule has 1 rings (SSSR count). The van der Waals surface area contributed by atoms with E-state index in [1.165, 1.54) is 19.4 Å². The minimum atomic E-state index is 0.663. The van der Waals surface area contributed by atoms with Gasteiger partial charge < -0.3 is 10.1 Å². The summed E-state index contributed by atoms with van der Waals surface area (Å²) in [6.07, 6.45) is 5.15. The van der Waals surface area contributed by atoms with E-state index in [4.69, 9.17) is 10.00 Å². The molecule has 1 atom stereocenters. The predicted molar refractivity (Wildman–Crippen MR) is 55.9 cm³/mol. The number of nitriles is 1. The van der Waals surface area contributed by atoms with Gasteiger partial charge in [0.2, 0.25) is 0 Å². The fraction of sp³-hybridized carbons (Fsp3) is 0.909. The summed E-state index contributed by atoms with van der Waals surface area (Å²) in [5.41, 5.74) is 0. The van der Waals surface area contributed by atoms with E-state index in [2.05, 4.69) is 11.4 Å². The monoisotopic (exact) mass is 196 g/mol. The molecular formula is C11H20N2O. The molecule has 80 valence electrons. The van der Waals surface area contributed by atoms with Crippen molar-refractivity contribution in [3.8, 4) is 6.07 Å². The van der Waals surface area contributed by atoms with Gasteiger partial charge >= 0.3 is 0 Å². The molecule has 0 saturated carbocycles. The third-order valence-corrected chi connectivity index (χ3v) is 2.66. The number of rotatable bonds is 7. The lowest BCUT2D eigenvalue weighted by Crippen LogP contribution is -2.11. The van der Waals surface area contributed by atoms with Gasteiger partial charge in [-0.3, -0.25) is 0 Å². The Labute approximate surface area is 86.4 Å². The third-order valence-electron chi connectivity index (χ3n) is 2.66. The molecule has 0 amide bonds. The number of ether oxygens (including phenoxy) is 1. The standard InChI is InChI=1S/C11H20N2O/c12-6-2-1-3-8-14-9-5-11-4-7-13-10-11/h11,13H,1-5,7-10H2. The van der Waals surface area contributed by atoms with Crippen molar-refractivity contribution in [3.63, 3.8) is 0 Å². The molecule has 1 aliphatic heterocycles. The Morgan fingerprint density at radius 3 is 3.00 bits per heavy atom. The number of unbranched alkanes of at least 4 members (excludes halogenated alkanes) is 2. The first kappa shape index (κ1) is 11.5. The molecule has 1 heterocycles. The first-order valence-corrected chi connectivity index (χ1v) is 5.59. The van der Waals surface area contributed by atoms with Crippen molar-refractivity contribution < 1.29 is 4.74 Å². The van der Waals surface area contributed by atoms with Crippen LogP contribution in [0.2, 0.25) is 0 Å². The lowest BCUT2D eigenvalue weighted by Gasteiger charge is -2.08. The zero-order valence-electron chi connectivity index (χ0n) is 8.80. The largest absolute Gasteiger partial charge is 0.381 e. The van der Waals surface area contributed by atoms with Crippen molar-refractivity contribution in [2.45, 2.75) is 32.1 Å². The van der Waals surface area contributed by atoms with Gasteiger partial charge in [-0.25, -0.2) is 0 Å². The van der Waals surface area contributed by atoms with Crippen LogP contribution >= 0.6 is 0 Å². The average molecular weight is 196 g/mol. The van der Waals surface area contributed by atoms with Gasteiger partial charge in [0.1, 0.15) is 0 Å². The fourth-order valence-corrected chi connectivity index (χ4v) is 1.72. The van der Waals surface area contributed by atoms with Crippen LogP contribution in [0.25, 0.3) is 0 Å². The van der Waals surface area contributed by atoms with E-state index in [0.717, 1.165) is 38.5 Å². The van der Waals surface area contributed by atoms with E-state index in [0.29, 0.717) is 6.42 Å². The maximum absolute atomic E-state index is 8.31. The highest BCUT2D eigenvalue weighted by atomic mass is 16.5. The summed E-state index contributed by atoms with van der Waals surface area (Å²) in [7, 11) is 0. The van der Waals surface area contributed by atoms with E-state index in [1.54, 1.807) is 0 Å². The van der Waals surface area contributed by atoms with Crippen LogP contribution in [0.3, 0.4) is 0 Å². The van der Waals surface area contributed by atoms with Gasteiger partial charge in [-0.05, 0) is 44.7 Å². The molecule has 0 aromatic rings. The van der Waals surface area contributed by atoms with Crippen LogP contribution in [-0.2, 0) is 4.74 Å². The highest BCUT2D eigenvalue weighted by molar-refractivity contribution is 4.70. The Morgan fingerprint density at radius 2 is 2.29 bits per heavy atom. The molecule has 14 heavy (non-hydrogen) atoms. The molecule has 1 fully saturated rings. The number of hydrogen-bond acceptors (Lipinski definition) is 3. The fourth-order valence-electron chi connectivity index (χ4n) is 1.72. The highest BCUT2D eigenvalue weighted by Gasteiger charge is 2.13. The van der Waals surface area contributed by atoms with Gasteiger partial charge in [-0.2, -0.15) is 5.26 Å². The average Bonchev–Trinajstić information content (AvgIpc) is 2.69. The third kappa shape index (κ3) is 5.21. The van der Waals surface area contributed by atoms with Gasteiger partial charge in [0.05, 0.1) is 6.07 Å². The first-order chi connectivity index (χ1) is 6.93. The van der Waals surface area contributed by atoms with Crippen molar-refractivity contribution in [1.29, 1.82) is 5.26 Å². The van der Waals surface area contributed by atoms with E-state index >= 15 is 0 Å². The molecule has 1 aliphatic rings. The second-order valence-electron chi connectivity index (χ2n) is 3.88. The number of nitrogens with one attached hydrogen (secondary N) is 1. The summed E-state index contributed by atoms with van der Waals surface area (Å²) < 4.78 is 5.50. The van der Waals surface area contributed by atoms with Gasteiger partial charge in [0.25, 0.3) is 0 Å². The van der Waals surface area contributed by atoms with Crippen molar-refractivity contribution in [1.82, 2.24) is 5.32 Å². The van der Waals surface area contributed by atoms with Gasteiger partial charge in [0, 0.05) is 19.6 Å². The zero-order valence-corrected chi connectivity index (χ0v) is 8.80. The quantitative estimate of drug-likeness (QED) is 0.630. The Hall–Kier alpha value is -0.590. The van der Waals surface area contributed by atoms with Crippen LogP contribution in [-0.4, -0.2) is 26.3 Å². The lowest BCUT2D eigenvalue weighted by molar-refractivity contribution is 0.118. The Balaban J connectivity index is 1.78. The summed E-state index contributed by atoms with van der Waals surface area (Å²) >= 11 is 0. The highest BCUT2D eigenvalue weighted by Crippen LogP contribution is 2.11. The summed E-state index contributed by atoms with van der Waals surface area (Å²) in [5.74, 6) is 0.828. The van der Waals surface area contributed by atoms with Crippen LogP contribution in [0.4, 0.5) is 0 Å². The van der Waals surface area contributed by atoms with Crippen LogP contribution in [0.15, 0.2) is 0 Å². The van der Waals surface area contributed by atoms with E-state index < -0.39 is 0 Å². The second kappa shape index (κ2) is 7.78. The summed E-state index contributed by atoms with van der Waals surface area (Å²) in [4.78, 5) is 0. The molecule has 0 aromatic heterocycles. The minimum Gasteiger partial charge on any atom is -0.381 e. The Morgan fingerprint density at radius 1 is 1.36 bits per heavy atom. The van der Waals surface area contributed by atoms with Gasteiger partial charge in [0.15, 0.2) is 0 Å². The normalized spacial score (nSPS) is 20.9. The number of nitrogens with zero attached hydrogens (tertiary/aromatic N) is 1. The molecule has 0 radical (unpaired) electrons. The first-order valence-electron chi connectivity index (χ1n) is 5.59. The summed E-state index contributed by atoms with van der Waals surface area (Å²) in [6, 6.07) is 2.14. The predicted octanol–water partition coefficient (Wildman–Crippen LogP) is 1.70. The zero-order chi connectivity index (χ0) is 10.1. The van der Waals surface area contributed by atoms with Gasteiger partial charge in [-0.15, -0.1) is 0 Å². The Bertz CT molecular complexity index is 171. The van der Waals surface area contributed by atoms with Gasteiger partial charge in [-0.1, -0.05) is 0 Å². The molecule has 0 aromatic carbocycles. The number of hydrogen-bond donors (Lipinski definition) is 1. The van der Waals surface area contributed by atoms with E-state index in [9.17, 15) is 0 Å². The maximum Gasteiger partial charge on any atom is 0.0621 e. The summed E-state index contributed by atoms with van der Waals surface area (Å²) in [6.45, 7) is 4.05. The molecule has 3 nitrogen and oxygen atoms in total. The molecule has 3 heteroatoms. The SMILES string of the molecule is N#CCCCCOCCC1CCNC1. The van der Waals surface area contributed by atoms with Crippen LogP contribution in [0.5, 0.6) is 0 Å². The van der Waals surface area contributed by atoms with Crippen molar-refractivity contribution in [2.24, 2.45) is 5.92 Å². The maximum atomic E-state index is 8.31. The molecule has 1 saturated heterocycles. The van der Waals surface area contributed by atoms with Crippen molar-refractivity contribution in [2.75, 3.05) is 26.3 Å². The van der Waals surface area contributed by atoms with Crippen molar-refractivity contribution >= 4 is 0 Å². The second-order valence-corrected chi connectivity index (χ2v) is 3.88. The lowest BCUT2D eigenvalue weighted by atomic mass is 10.1. The van der Waals surface area contributed by atoms with Crippen LogP contribution in [0.1, 0.15) is 32.1 Å². The summed E-state index contributed by atoms with van der Waals surface area (Å²) in [5, 5.41) is 11.7. The smallest absolute Gasteiger partial charge is 0.0621 e. The molecular weight excluding hydrogens is 176 g/mol. The molecule has 1 N–H and O–H groups in total. The van der Waals surface area contributed by atoms with Crippen molar-refractivity contribution in [3.05, 3.63) is 0 Å². The topological polar surface area (TPSA) is 45.0 Å². The van der Waals surface area contributed by atoms with Crippen LogP contribution < -0.4 is 5.32 Å². The van der Waals surface area contributed by atoms with E-state index in [-0.39, 0.29) is 0 Å². The Kier molecular flexibility index (Phi) is 6.38. The molecule has 1 unspecified atom stereocenters.